The maximum atomic E-state index is 12.4. The third-order valence-electron chi connectivity index (χ3n) is 1.98. The maximum Gasteiger partial charge on any atom is 0.416 e. The van der Waals surface area contributed by atoms with Gasteiger partial charge in [-0.15, -0.1) is 0 Å². The van der Waals surface area contributed by atoms with E-state index < -0.39 is 30.2 Å². The highest BCUT2D eigenvalue weighted by Gasteiger charge is 2.30. The van der Waals surface area contributed by atoms with Crippen LogP contribution in [0.4, 0.5) is 13.2 Å². The van der Waals surface area contributed by atoms with Gasteiger partial charge in [0.1, 0.15) is 0 Å². The molecule has 2 N–H and O–H groups in total. The van der Waals surface area contributed by atoms with Crippen molar-refractivity contribution in [1.29, 1.82) is 0 Å². The molecule has 1 rings (SSSR count). The molecular formula is C12H10F3NO3. The van der Waals surface area contributed by atoms with E-state index in [1.165, 1.54) is 12.1 Å². The van der Waals surface area contributed by atoms with Crippen LogP contribution in [0.2, 0.25) is 0 Å². The van der Waals surface area contributed by atoms with E-state index in [4.69, 9.17) is 5.73 Å². The molecule has 0 saturated heterocycles. The fourth-order valence-corrected chi connectivity index (χ4v) is 1.17. The average Bonchev–Trinajstić information content (AvgIpc) is 2.33. The van der Waals surface area contributed by atoms with Crippen molar-refractivity contribution < 1.29 is 27.5 Å². The highest BCUT2D eigenvalue weighted by molar-refractivity contribution is 5.89. The van der Waals surface area contributed by atoms with Crippen LogP contribution in [0.3, 0.4) is 0 Å². The van der Waals surface area contributed by atoms with Crippen molar-refractivity contribution in [3.8, 4) is 0 Å². The molecule has 0 aromatic heterocycles. The van der Waals surface area contributed by atoms with Crippen molar-refractivity contribution >= 4 is 18.0 Å². The van der Waals surface area contributed by atoms with Gasteiger partial charge in [0.25, 0.3) is 5.91 Å². The van der Waals surface area contributed by atoms with E-state index in [-0.39, 0.29) is 5.56 Å². The number of carbonyl (C=O) groups is 2. The van der Waals surface area contributed by atoms with Crippen LogP contribution in [0.5, 0.6) is 0 Å². The summed E-state index contributed by atoms with van der Waals surface area (Å²) in [6.07, 6.45) is -2.38. The zero-order valence-electron chi connectivity index (χ0n) is 9.61. The molecule has 7 heteroatoms. The predicted molar refractivity (Wildman–Crippen MR) is 60.6 cm³/mol. The molecule has 102 valence electrons. The molecule has 0 spiro atoms. The minimum absolute atomic E-state index is 0.186. The molecular weight excluding hydrogens is 263 g/mol. The molecule has 1 amide bonds. The van der Waals surface area contributed by atoms with Gasteiger partial charge >= 0.3 is 12.1 Å². The normalized spacial score (nSPS) is 11.5. The van der Waals surface area contributed by atoms with Crippen LogP contribution in [-0.4, -0.2) is 18.5 Å². The van der Waals surface area contributed by atoms with Gasteiger partial charge in [0.05, 0.1) is 5.56 Å². The quantitative estimate of drug-likeness (QED) is 0.671. The number of rotatable bonds is 4. The lowest BCUT2D eigenvalue weighted by Gasteiger charge is -2.06. The van der Waals surface area contributed by atoms with Gasteiger partial charge in [0.15, 0.2) is 6.61 Å². The van der Waals surface area contributed by atoms with E-state index in [1.54, 1.807) is 0 Å². The second-order valence-corrected chi connectivity index (χ2v) is 3.53. The Morgan fingerprint density at radius 1 is 1.32 bits per heavy atom. The van der Waals surface area contributed by atoms with Crippen molar-refractivity contribution in [2.75, 3.05) is 6.61 Å². The number of primary amides is 1. The monoisotopic (exact) mass is 273 g/mol. The van der Waals surface area contributed by atoms with Crippen LogP contribution < -0.4 is 5.73 Å². The number of alkyl halides is 3. The van der Waals surface area contributed by atoms with Gasteiger partial charge in [-0.25, -0.2) is 4.79 Å². The summed E-state index contributed by atoms with van der Waals surface area (Å²) >= 11 is 0. The Labute approximate surface area is 106 Å². The van der Waals surface area contributed by atoms with Crippen LogP contribution in [0.25, 0.3) is 6.08 Å². The smallest absolute Gasteiger partial charge is 0.416 e. The first-order chi connectivity index (χ1) is 8.79. The van der Waals surface area contributed by atoms with E-state index in [9.17, 15) is 22.8 Å². The SMILES string of the molecule is NC(=O)COC(=O)/C=C/c1cccc(C(F)(F)F)c1. The van der Waals surface area contributed by atoms with E-state index in [2.05, 4.69) is 4.74 Å². The minimum atomic E-state index is -4.45. The van der Waals surface area contributed by atoms with E-state index in [0.717, 1.165) is 24.3 Å². The molecule has 0 bridgehead atoms. The van der Waals surface area contributed by atoms with Crippen LogP contribution in [0.1, 0.15) is 11.1 Å². The predicted octanol–water partition coefficient (Wildman–Crippen LogP) is 1.75. The van der Waals surface area contributed by atoms with Gasteiger partial charge < -0.3 is 10.5 Å². The fraction of sp³-hybridized carbons (Fsp3) is 0.167. The van der Waals surface area contributed by atoms with Crippen LogP contribution in [0, 0.1) is 0 Å². The van der Waals surface area contributed by atoms with Gasteiger partial charge in [0, 0.05) is 6.08 Å². The van der Waals surface area contributed by atoms with Crippen molar-refractivity contribution in [3.05, 3.63) is 41.5 Å². The lowest BCUT2D eigenvalue weighted by molar-refractivity contribution is -0.142. The number of nitrogens with two attached hydrogens (primary N) is 1. The number of hydrogen-bond acceptors (Lipinski definition) is 3. The summed E-state index contributed by atoms with van der Waals surface area (Å²) in [5, 5.41) is 0. The molecule has 19 heavy (non-hydrogen) atoms. The molecule has 0 atom stereocenters. The number of amides is 1. The molecule has 0 heterocycles. The van der Waals surface area contributed by atoms with Crippen molar-refractivity contribution in [3.63, 3.8) is 0 Å². The van der Waals surface area contributed by atoms with Crippen LogP contribution in [0.15, 0.2) is 30.3 Å². The molecule has 0 aliphatic heterocycles. The Bertz CT molecular complexity index is 509. The third-order valence-corrected chi connectivity index (χ3v) is 1.98. The standard InChI is InChI=1S/C12H10F3NO3/c13-12(14,15)9-3-1-2-8(6-9)4-5-11(18)19-7-10(16)17/h1-6H,7H2,(H2,16,17)/b5-4+. The summed E-state index contributed by atoms with van der Waals surface area (Å²) in [6.45, 7) is -0.578. The number of benzene rings is 1. The topological polar surface area (TPSA) is 69.4 Å². The molecule has 0 aliphatic carbocycles. The zero-order chi connectivity index (χ0) is 14.5. The molecule has 0 unspecified atom stereocenters. The maximum absolute atomic E-state index is 12.4. The van der Waals surface area contributed by atoms with Gasteiger partial charge in [-0.2, -0.15) is 13.2 Å². The Balaban J connectivity index is 2.72. The second kappa shape index (κ2) is 6.03. The van der Waals surface area contributed by atoms with Crippen molar-refractivity contribution in [1.82, 2.24) is 0 Å². The molecule has 0 fully saturated rings. The second-order valence-electron chi connectivity index (χ2n) is 3.53. The number of ether oxygens (including phenoxy) is 1. The molecule has 0 radical (unpaired) electrons. The molecule has 4 nitrogen and oxygen atoms in total. The summed E-state index contributed by atoms with van der Waals surface area (Å²) in [7, 11) is 0. The Morgan fingerprint density at radius 2 is 2.00 bits per heavy atom. The number of esters is 1. The highest BCUT2D eigenvalue weighted by atomic mass is 19.4. The lowest BCUT2D eigenvalue weighted by Crippen LogP contribution is -2.19. The van der Waals surface area contributed by atoms with Gasteiger partial charge in [-0.05, 0) is 23.8 Å². The first-order valence-corrected chi connectivity index (χ1v) is 5.09. The average molecular weight is 273 g/mol. The summed E-state index contributed by atoms with van der Waals surface area (Å²) < 4.78 is 41.6. The van der Waals surface area contributed by atoms with Gasteiger partial charge in [0.2, 0.25) is 0 Å². The number of carbonyl (C=O) groups excluding carboxylic acids is 2. The van der Waals surface area contributed by atoms with Gasteiger partial charge in [-0.3, -0.25) is 4.79 Å². The summed E-state index contributed by atoms with van der Waals surface area (Å²) in [5.41, 5.74) is 4.12. The fourth-order valence-electron chi connectivity index (χ4n) is 1.17. The summed E-state index contributed by atoms with van der Waals surface area (Å²) in [6, 6.07) is 4.42. The van der Waals surface area contributed by atoms with E-state index >= 15 is 0 Å². The minimum Gasteiger partial charge on any atom is -0.452 e. The molecule has 1 aromatic rings. The molecule has 1 aromatic carbocycles. The zero-order valence-corrected chi connectivity index (χ0v) is 9.61. The summed E-state index contributed by atoms with van der Waals surface area (Å²) in [4.78, 5) is 21.4. The highest BCUT2D eigenvalue weighted by Crippen LogP contribution is 2.29. The molecule has 0 saturated carbocycles. The van der Waals surface area contributed by atoms with Crippen LogP contribution in [-0.2, 0) is 20.5 Å². The van der Waals surface area contributed by atoms with Crippen molar-refractivity contribution in [2.24, 2.45) is 5.73 Å². The lowest BCUT2D eigenvalue weighted by atomic mass is 10.1. The van der Waals surface area contributed by atoms with Gasteiger partial charge in [-0.1, -0.05) is 12.1 Å². The Kier molecular flexibility index (Phi) is 4.68. The first-order valence-electron chi connectivity index (χ1n) is 5.09. The van der Waals surface area contributed by atoms with E-state index in [0.29, 0.717) is 0 Å². The largest absolute Gasteiger partial charge is 0.452 e. The third kappa shape index (κ3) is 5.24. The van der Waals surface area contributed by atoms with Crippen LogP contribution >= 0.6 is 0 Å². The molecule has 0 aliphatic rings. The Hall–Kier alpha value is -2.31. The van der Waals surface area contributed by atoms with Crippen molar-refractivity contribution in [2.45, 2.75) is 6.18 Å². The first kappa shape index (κ1) is 14.7. The van der Waals surface area contributed by atoms with E-state index in [1.807, 2.05) is 0 Å². The Morgan fingerprint density at radius 3 is 2.58 bits per heavy atom. The summed E-state index contributed by atoms with van der Waals surface area (Å²) in [5.74, 6) is -1.68. The number of hydrogen-bond donors (Lipinski definition) is 1. The number of halogens is 3.